The van der Waals surface area contributed by atoms with E-state index in [1.54, 1.807) is 0 Å². The lowest BCUT2D eigenvalue weighted by molar-refractivity contribution is -0.137. The Kier molecular flexibility index (Phi) is 5.35. The number of anilines is 2. The van der Waals surface area contributed by atoms with E-state index in [9.17, 15) is 22.8 Å². The second kappa shape index (κ2) is 7.40. The lowest BCUT2D eigenvalue weighted by atomic mass is 10.1. The number of halogens is 5. The van der Waals surface area contributed by atoms with Crippen molar-refractivity contribution in [3.8, 4) is 0 Å². The van der Waals surface area contributed by atoms with Crippen molar-refractivity contribution in [3.05, 3.63) is 58.1 Å². The molecule has 1 saturated heterocycles. The highest BCUT2D eigenvalue weighted by Crippen LogP contribution is 2.33. The maximum Gasteiger partial charge on any atom is 0.416 e. The molecule has 0 saturated carbocycles. The summed E-state index contributed by atoms with van der Waals surface area (Å²) in [5.74, 6) is -1.56. The average molecular weight is 417 g/mol. The number of carbonyl (C=O) groups is 2. The van der Waals surface area contributed by atoms with Gasteiger partial charge in [-0.3, -0.25) is 9.59 Å². The number of benzene rings is 2. The summed E-state index contributed by atoms with van der Waals surface area (Å²) in [6.45, 7) is -0.0136. The fraction of sp³-hybridized carbons (Fsp3) is 0.222. The van der Waals surface area contributed by atoms with E-state index in [-0.39, 0.29) is 18.7 Å². The molecular formula is C18H13Cl2F3N2O2. The Morgan fingerprint density at radius 2 is 1.78 bits per heavy atom. The molecule has 1 atom stereocenters. The SMILES string of the molecule is O=C(Nc1cc(Cl)cc(Cl)c1)[C@H]1CC(=O)N(c2cccc(C(F)(F)F)c2)C1. The summed E-state index contributed by atoms with van der Waals surface area (Å²) >= 11 is 11.8. The minimum atomic E-state index is -4.51. The molecule has 27 heavy (non-hydrogen) atoms. The molecule has 9 heteroatoms. The molecule has 0 aliphatic carbocycles. The summed E-state index contributed by atoms with van der Waals surface area (Å²) in [7, 11) is 0. The molecule has 1 N–H and O–H groups in total. The zero-order chi connectivity index (χ0) is 19.8. The van der Waals surface area contributed by atoms with E-state index in [0.29, 0.717) is 15.7 Å². The fourth-order valence-corrected chi connectivity index (χ4v) is 3.38. The van der Waals surface area contributed by atoms with Gasteiger partial charge >= 0.3 is 6.18 Å². The van der Waals surface area contributed by atoms with Gasteiger partial charge in [0.15, 0.2) is 0 Å². The highest BCUT2D eigenvalue weighted by molar-refractivity contribution is 6.35. The monoisotopic (exact) mass is 416 g/mol. The van der Waals surface area contributed by atoms with Crippen LogP contribution in [-0.2, 0) is 15.8 Å². The zero-order valence-corrected chi connectivity index (χ0v) is 15.2. The number of alkyl halides is 3. The smallest absolute Gasteiger partial charge is 0.326 e. The molecule has 2 aromatic rings. The number of amides is 2. The van der Waals surface area contributed by atoms with Crippen LogP contribution in [0, 0.1) is 5.92 Å². The van der Waals surface area contributed by atoms with Crippen LogP contribution in [0.2, 0.25) is 10.0 Å². The van der Waals surface area contributed by atoms with Gasteiger partial charge in [0, 0.05) is 34.4 Å². The quantitative estimate of drug-likeness (QED) is 0.764. The highest BCUT2D eigenvalue weighted by atomic mass is 35.5. The number of carbonyl (C=O) groups excluding carboxylic acids is 2. The van der Waals surface area contributed by atoms with Gasteiger partial charge in [0.1, 0.15) is 0 Å². The largest absolute Gasteiger partial charge is 0.416 e. The summed E-state index contributed by atoms with van der Waals surface area (Å²) in [4.78, 5) is 25.8. The van der Waals surface area contributed by atoms with Crippen LogP contribution in [0.5, 0.6) is 0 Å². The van der Waals surface area contributed by atoms with Crippen molar-refractivity contribution >= 4 is 46.4 Å². The Balaban J connectivity index is 1.74. The van der Waals surface area contributed by atoms with Crippen LogP contribution in [0.1, 0.15) is 12.0 Å². The van der Waals surface area contributed by atoms with Crippen LogP contribution in [-0.4, -0.2) is 18.4 Å². The fourth-order valence-electron chi connectivity index (χ4n) is 2.85. The van der Waals surface area contributed by atoms with Gasteiger partial charge in [-0.25, -0.2) is 0 Å². The van der Waals surface area contributed by atoms with E-state index in [0.717, 1.165) is 12.1 Å². The molecule has 0 radical (unpaired) electrons. The Labute approximate surface area is 162 Å². The first-order valence-corrected chi connectivity index (χ1v) is 8.63. The maximum atomic E-state index is 12.9. The Morgan fingerprint density at radius 3 is 2.41 bits per heavy atom. The van der Waals surface area contributed by atoms with E-state index >= 15 is 0 Å². The van der Waals surface area contributed by atoms with Crippen LogP contribution in [0.3, 0.4) is 0 Å². The van der Waals surface area contributed by atoms with Gasteiger partial charge in [0.05, 0.1) is 11.5 Å². The molecule has 0 aromatic heterocycles. The van der Waals surface area contributed by atoms with Gasteiger partial charge in [-0.15, -0.1) is 0 Å². The van der Waals surface area contributed by atoms with Crippen molar-refractivity contribution < 1.29 is 22.8 Å². The molecule has 1 fully saturated rings. The van der Waals surface area contributed by atoms with E-state index in [4.69, 9.17) is 23.2 Å². The number of nitrogens with one attached hydrogen (secondary N) is 1. The minimum Gasteiger partial charge on any atom is -0.326 e. The number of hydrogen-bond donors (Lipinski definition) is 1. The normalized spacial score (nSPS) is 17.3. The molecule has 1 heterocycles. The predicted molar refractivity (Wildman–Crippen MR) is 97.0 cm³/mol. The van der Waals surface area contributed by atoms with Gasteiger partial charge in [-0.05, 0) is 36.4 Å². The van der Waals surface area contributed by atoms with E-state index in [1.165, 1.54) is 35.2 Å². The first kappa shape index (κ1) is 19.5. The lowest BCUT2D eigenvalue weighted by Crippen LogP contribution is -2.28. The summed E-state index contributed by atoms with van der Waals surface area (Å²) in [6.07, 6.45) is -4.61. The predicted octanol–water partition coefficient (Wildman–Crippen LogP) is 5.00. The van der Waals surface area contributed by atoms with Crippen molar-refractivity contribution in [2.24, 2.45) is 5.92 Å². The minimum absolute atomic E-state index is 0.0136. The van der Waals surface area contributed by atoms with Crippen LogP contribution in [0.15, 0.2) is 42.5 Å². The van der Waals surface area contributed by atoms with Crippen molar-refractivity contribution in [2.45, 2.75) is 12.6 Å². The molecule has 4 nitrogen and oxygen atoms in total. The summed E-state index contributed by atoms with van der Waals surface area (Å²) < 4.78 is 38.6. The third-order valence-electron chi connectivity index (χ3n) is 4.11. The molecule has 1 aliphatic rings. The summed E-state index contributed by atoms with van der Waals surface area (Å²) in [5.41, 5.74) is -0.368. The van der Waals surface area contributed by atoms with E-state index in [2.05, 4.69) is 5.32 Å². The molecule has 0 unspecified atom stereocenters. The molecule has 2 aromatic carbocycles. The first-order valence-electron chi connectivity index (χ1n) is 7.88. The van der Waals surface area contributed by atoms with Crippen molar-refractivity contribution in [1.29, 1.82) is 0 Å². The van der Waals surface area contributed by atoms with Crippen molar-refractivity contribution in [2.75, 3.05) is 16.8 Å². The summed E-state index contributed by atoms with van der Waals surface area (Å²) in [6, 6.07) is 8.98. The molecule has 0 bridgehead atoms. The Hall–Kier alpha value is -2.25. The van der Waals surface area contributed by atoms with Crippen LogP contribution in [0.4, 0.5) is 24.5 Å². The lowest BCUT2D eigenvalue weighted by Gasteiger charge is -2.18. The second-order valence-corrected chi connectivity index (χ2v) is 6.97. The Bertz CT molecular complexity index is 882. The standard InChI is InChI=1S/C18H13Cl2F3N2O2/c19-12-6-13(20)8-14(7-12)24-17(27)10-4-16(26)25(9-10)15-3-1-2-11(5-15)18(21,22)23/h1-3,5-8,10H,4,9H2,(H,24,27)/t10-/m0/s1. The molecule has 3 rings (SSSR count). The van der Waals surface area contributed by atoms with Crippen LogP contribution < -0.4 is 10.2 Å². The van der Waals surface area contributed by atoms with Gasteiger partial charge in [-0.2, -0.15) is 13.2 Å². The third kappa shape index (κ3) is 4.54. The van der Waals surface area contributed by atoms with Crippen molar-refractivity contribution in [3.63, 3.8) is 0 Å². The van der Waals surface area contributed by atoms with Gasteiger partial charge in [-0.1, -0.05) is 29.3 Å². The van der Waals surface area contributed by atoms with Gasteiger partial charge in [0.2, 0.25) is 11.8 Å². The number of hydrogen-bond acceptors (Lipinski definition) is 2. The molecule has 1 aliphatic heterocycles. The van der Waals surface area contributed by atoms with Crippen LogP contribution in [0.25, 0.3) is 0 Å². The molecular weight excluding hydrogens is 404 g/mol. The van der Waals surface area contributed by atoms with Crippen molar-refractivity contribution in [1.82, 2.24) is 0 Å². The Morgan fingerprint density at radius 1 is 1.11 bits per heavy atom. The second-order valence-electron chi connectivity index (χ2n) is 6.10. The highest BCUT2D eigenvalue weighted by Gasteiger charge is 2.37. The van der Waals surface area contributed by atoms with Gasteiger partial charge in [0.25, 0.3) is 0 Å². The summed E-state index contributed by atoms with van der Waals surface area (Å²) in [5, 5.41) is 3.30. The molecule has 0 spiro atoms. The van der Waals surface area contributed by atoms with Gasteiger partial charge < -0.3 is 10.2 Å². The van der Waals surface area contributed by atoms with Crippen LogP contribution >= 0.6 is 23.2 Å². The topological polar surface area (TPSA) is 49.4 Å². The number of nitrogens with zero attached hydrogens (tertiary/aromatic N) is 1. The molecule has 2 amide bonds. The van der Waals surface area contributed by atoms with E-state index in [1.807, 2.05) is 0 Å². The first-order chi connectivity index (χ1) is 12.6. The third-order valence-corrected chi connectivity index (χ3v) is 4.55. The molecule has 142 valence electrons. The zero-order valence-electron chi connectivity index (χ0n) is 13.7. The maximum absolute atomic E-state index is 12.9. The average Bonchev–Trinajstić information content (AvgIpc) is 2.95. The number of rotatable bonds is 3. The van der Waals surface area contributed by atoms with E-state index < -0.39 is 29.5 Å².